The van der Waals surface area contributed by atoms with Crippen LogP contribution >= 0.6 is 0 Å². The molecule has 1 aliphatic heterocycles. The van der Waals surface area contributed by atoms with Crippen LogP contribution in [-0.4, -0.2) is 36.8 Å². The highest BCUT2D eigenvalue weighted by molar-refractivity contribution is 5.66. The van der Waals surface area contributed by atoms with E-state index in [0.29, 0.717) is 19.2 Å². The van der Waals surface area contributed by atoms with E-state index in [1.165, 1.54) is 5.56 Å². The third kappa shape index (κ3) is 4.13. The summed E-state index contributed by atoms with van der Waals surface area (Å²) in [6.07, 6.45) is 2.03. The molecule has 0 fully saturated rings. The van der Waals surface area contributed by atoms with Crippen molar-refractivity contribution in [2.75, 3.05) is 25.0 Å². The second-order valence-electron chi connectivity index (χ2n) is 5.01. The summed E-state index contributed by atoms with van der Waals surface area (Å²) in [5.74, 6) is 0.148. The molecule has 5 nitrogen and oxygen atoms in total. The van der Waals surface area contributed by atoms with Gasteiger partial charge in [-0.1, -0.05) is 13.0 Å². The summed E-state index contributed by atoms with van der Waals surface area (Å²) in [5, 5.41) is 15.3. The van der Waals surface area contributed by atoms with E-state index in [1.807, 2.05) is 6.07 Å². The molecule has 0 spiro atoms. The van der Waals surface area contributed by atoms with Gasteiger partial charge in [-0.15, -0.1) is 0 Å². The Morgan fingerprint density at radius 1 is 1.55 bits per heavy atom. The van der Waals surface area contributed by atoms with Gasteiger partial charge in [0.2, 0.25) is 0 Å². The van der Waals surface area contributed by atoms with Gasteiger partial charge >= 0.3 is 5.97 Å². The molecule has 2 rings (SSSR count). The maximum Gasteiger partial charge on any atom is 0.304 e. The standard InChI is InChI=1S/C15H22N2O3/c1-2-12(16-6-5-15(18)19)9-11-3-4-14-13(10-11)17-7-8-20-14/h3-4,10,12,16-17H,2,5-9H2,1H3,(H,18,19). The zero-order valence-electron chi connectivity index (χ0n) is 11.8. The number of fused-ring (bicyclic) bond motifs is 1. The Bertz CT molecular complexity index is 462. The van der Waals surface area contributed by atoms with Crippen LogP contribution in [0.25, 0.3) is 0 Å². The molecular formula is C15H22N2O3. The molecule has 1 aliphatic rings. The first-order valence-electron chi connectivity index (χ1n) is 7.14. The molecule has 0 amide bonds. The number of rotatable bonds is 7. The van der Waals surface area contributed by atoms with Crippen molar-refractivity contribution < 1.29 is 14.6 Å². The van der Waals surface area contributed by atoms with Crippen LogP contribution in [0.2, 0.25) is 0 Å². The molecular weight excluding hydrogens is 256 g/mol. The van der Waals surface area contributed by atoms with Gasteiger partial charge < -0.3 is 20.5 Å². The molecule has 1 unspecified atom stereocenters. The summed E-state index contributed by atoms with van der Waals surface area (Å²) in [6, 6.07) is 6.50. The number of aliphatic carboxylic acids is 1. The number of carbonyl (C=O) groups is 1. The predicted octanol–water partition coefficient (Wildman–Crippen LogP) is 1.88. The summed E-state index contributed by atoms with van der Waals surface area (Å²) >= 11 is 0. The van der Waals surface area contributed by atoms with Crippen LogP contribution in [0.4, 0.5) is 5.69 Å². The fraction of sp³-hybridized carbons (Fsp3) is 0.533. The van der Waals surface area contributed by atoms with Crippen molar-refractivity contribution in [3.05, 3.63) is 23.8 Å². The number of ether oxygens (including phenoxy) is 1. The fourth-order valence-corrected chi connectivity index (χ4v) is 2.34. The first-order chi connectivity index (χ1) is 9.69. The molecule has 3 N–H and O–H groups in total. The van der Waals surface area contributed by atoms with Gasteiger partial charge in [-0.3, -0.25) is 4.79 Å². The third-order valence-electron chi connectivity index (χ3n) is 3.47. The van der Waals surface area contributed by atoms with Gasteiger partial charge in [-0.25, -0.2) is 0 Å². The van der Waals surface area contributed by atoms with Crippen molar-refractivity contribution in [3.8, 4) is 5.75 Å². The molecule has 1 aromatic carbocycles. The van der Waals surface area contributed by atoms with Gasteiger partial charge in [-0.2, -0.15) is 0 Å². The van der Waals surface area contributed by atoms with Crippen molar-refractivity contribution in [2.45, 2.75) is 32.2 Å². The normalized spacial score (nSPS) is 14.8. The van der Waals surface area contributed by atoms with Gasteiger partial charge in [0.25, 0.3) is 0 Å². The summed E-state index contributed by atoms with van der Waals surface area (Å²) in [5.41, 5.74) is 2.28. The van der Waals surface area contributed by atoms with Crippen molar-refractivity contribution in [1.29, 1.82) is 0 Å². The zero-order valence-corrected chi connectivity index (χ0v) is 11.8. The SMILES string of the molecule is CCC(Cc1ccc2c(c1)NCCO2)NCCC(=O)O. The van der Waals surface area contributed by atoms with Gasteiger partial charge in [0.15, 0.2) is 0 Å². The molecule has 1 atom stereocenters. The van der Waals surface area contributed by atoms with Crippen LogP contribution in [-0.2, 0) is 11.2 Å². The summed E-state index contributed by atoms with van der Waals surface area (Å²) in [4.78, 5) is 10.5. The van der Waals surface area contributed by atoms with Crippen molar-refractivity contribution in [2.24, 2.45) is 0 Å². The van der Waals surface area contributed by atoms with E-state index in [4.69, 9.17) is 9.84 Å². The molecule has 0 aromatic heterocycles. The fourth-order valence-electron chi connectivity index (χ4n) is 2.34. The van der Waals surface area contributed by atoms with Crippen molar-refractivity contribution >= 4 is 11.7 Å². The van der Waals surface area contributed by atoms with Gasteiger partial charge in [0.1, 0.15) is 12.4 Å². The van der Waals surface area contributed by atoms with Crippen LogP contribution in [0, 0.1) is 0 Å². The van der Waals surface area contributed by atoms with E-state index < -0.39 is 5.97 Å². The Kier molecular flexibility index (Phi) is 5.24. The van der Waals surface area contributed by atoms with Gasteiger partial charge in [-0.05, 0) is 30.5 Å². The zero-order chi connectivity index (χ0) is 14.4. The topological polar surface area (TPSA) is 70.6 Å². The number of hydrogen-bond acceptors (Lipinski definition) is 4. The highest BCUT2D eigenvalue weighted by Gasteiger charge is 2.12. The molecule has 5 heteroatoms. The maximum absolute atomic E-state index is 10.5. The Balaban J connectivity index is 1.91. The molecule has 0 bridgehead atoms. The highest BCUT2D eigenvalue weighted by atomic mass is 16.5. The van der Waals surface area contributed by atoms with Gasteiger partial charge in [0.05, 0.1) is 12.1 Å². The molecule has 0 saturated carbocycles. The first kappa shape index (κ1) is 14.7. The van der Waals surface area contributed by atoms with E-state index in [-0.39, 0.29) is 6.42 Å². The summed E-state index contributed by atoms with van der Waals surface area (Å²) in [7, 11) is 0. The smallest absolute Gasteiger partial charge is 0.304 e. The lowest BCUT2D eigenvalue weighted by Gasteiger charge is -2.21. The van der Waals surface area contributed by atoms with E-state index in [9.17, 15) is 4.79 Å². The Labute approximate surface area is 119 Å². The largest absolute Gasteiger partial charge is 0.490 e. The van der Waals surface area contributed by atoms with E-state index in [2.05, 4.69) is 29.7 Å². The molecule has 1 heterocycles. The van der Waals surface area contributed by atoms with Crippen molar-refractivity contribution in [1.82, 2.24) is 5.32 Å². The molecule has 110 valence electrons. The second kappa shape index (κ2) is 7.14. The molecule has 0 aliphatic carbocycles. The Hall–Kier alpha value is -1.75. The quantitative estimate of drug-likeness (QED) is 0.710. The number of anilines is 1. The molecule has 0 radical (unpaired) electrons. The number of benzene rings is 1. The average molecular weight is 278 g/mol. The average Bonchev–Trinajstić information content (AvgIpc) is 2.45. The Morgan fingerprint density at radius 2 is 2.40 bits per heavy atom. The van der Waals surface area contributed by atoms with E-state index in [0.717, 1.165) is 30.8 Å². The maximum atomic E-state index is 10.5. The van der Waals surface area contributed by atoms with Crippen LogP contribution in [0.15, 0.2) is 18.2 Å². The van der Waals surface area contributed by atoms with Crippen molar-refractivity contribution in [3.63, 3.8) is 0 Å². The van der Waals surface area contributed by atoms with Crippen LogP contribution in [0.3, 0.4) is 0 Å². The van der Waals surface area contributed by atoms with Crippen LogP contribution in [0.1, 0.15) is 25.3 Å². The molecule has 20 heavy (non-hydrogen) atoms. The Morgan fingerprint density at radius 3 is 3.15 bits per heavy atom. The molecule has 1 aromatic rings. The minimum atomic E-state index is -0.762. The number of nitrogens with one attached hydrogen (secondary N) is 2. The number of carboxylic acids is 1. The van der Waals surface area contributed by atoms with Gasteiger partial charge in [0, 0.05) is 19.1 Å². The summed E-state index contributed by atoms with van der Waals surface area (Å²) in [6.45, 7) is 4.17. The lowest BCUT2D eigenvalue weighted by Crippen LogP contribution is -2.32. The second-order valence-corrected chi connectivity index (χ2v) is 5.01. The highest BCUT2D eigenvalue weighted by Crippen LogP contribution is 2.28. The van der Waals surface area contributed by atoms with Crippen LogP contribution in [0.5, 0.6) is 5.75 Å². The number of carboxylic acid groups (broad SMARTS) is 1. The third-order valence-corrected chi connectivity index (χ3v) is 3.47. The minimum Gasteiger partial charge on any atom is -0.490 e. The minimum absolute atomic E-state index is 0.163. The number of hydrogen-bond donors (Lipinski definition) is 3. The summed E-state index contributed by atoms with van der Waals surface area (Å²) < 4.78 is 5.56. The first-order valence-corrected chi connectivity index (χ1v) is 7.14. The lowest BCUT2D eigenvalue weighted by atomic mass is 10.0. The predicted molar refractivity (Wildman–Crippen MR) is 78.5 cm³/mol. The van der Waals surface area contributed by atoms with E-state index in [1.54, 1.807) is 0 Å². The van der Waals surface area contributed by atoms with E-state index >= 15 is 0 Å². The lowest BCUT2D eigenvalue weighted by molar-refractivity contribution is -0.136. The van der Waals surface area contributed by atoms with Crippen LogP contribution < -0.4 is 15.4 Å². The monoisotopic (exact) mass is 278 g/mol. The molecule has 0 saturated heterocycles.